The van der Waals surface area contributed by atoms with Crippen molar-refractivity contribution in [2.75, 3.05) is 26.5 Å². The van der Waals surface area contributed by atoms with Gasteiger partial charge in [0.1, 0.15) is 0 Å². The van der Waals surface area contributed by atoms with Crippen LogP contribution in [0.25, 0.3) is 10.8 Å². The van der Waals surface area contributed by atoms with Crippen molar-refractivity contribution >= 4 is 40.0 Å². The van der Waals surface area contributed by atoms with Gasteiger partial charge < -0.3 is 14.4 Å². The lowest BCUT2D eigenvalue weighted by Crippen LogP contribution is -2.37. The maximum atomic E-state index is 12.9. The van der Waals surface area contributed by atoms with Gasteiger partial charge in [-0.15, -0.1) is 11.8 Å². The van der Waals surface area contributed by atoms with E-state index in [4.69, 9.17) is 21.1 Å². The molecular formula is C23H22ClNO3S. The summed E-state index contributed by atoms with van der Waals surface area (Å²) < 4.78 is 10.8. The Morgan fingerprint density at radius 3 is 2.48 bits per heavy atom. The Kier molecular flexibility index (Phi) is 5.88. The molecule has 3 aromatic rings. The largest absolute Gasteiger partial charge is 0.493 e. The van der Waals surface area contributed by atoms with Gasteiger partial charge in [0.15, 0.2) is 11.5 Å². The lowest BCUT2D eigenvalue weighted by atomic mass is 9.99. The predicted molar refractivity (Wildman–Crippen MR) is 118 cm³/mol. The zero-order valence-corrected chi connectivity index (χ0v) is 18.0. The van der Waals surface area contributed by atoms with Crippen LogP contribution in [0.5, 0.6) is 11.5 Å². The average Bonchev–Trinajstić information content (AvgIpc) is 2.76. The molecule has 0 spiro atoms. The van der Waals surface area contributed by atoms with Crippen LogP contribution in [-0.2, 0) is 17.8 Å². The minimum Gasteiger partial charge on any atom is -0.493 e. The van der Waals surface area contributed by atoms with E-state index in [1.807, 2.05) is 53.4 Å². The minimum atomic E-state index is 0.125. The number of hydrogen-bond acceptors (Lipinski definition) is 4. The number of ether oxygens (including phenoxy) is 2. The molecule has 0 unspecified atom stereocenters. The SMILES string of the molecule is COc1cc2c(cc1OC)CN(C(=O)CSc1cccc3cccc(Cl)c13)CC2. The van der Waals surface area contributed by atoms with E-state index in [-0.39, 0.29) is 5.91 Å². The highest BCUT2D eigenvalue weighted by atomic mass is 35.5. The molecule has 0 atom stereocenters. The first-order valence-electron chi connectivity index (χ1n) is 9.42. The fourth-order valence-electron chi connectivity index (χ4n) is 3.71. The molecule has 1 aliphatic heterocycles. The molecule has 1 aliphatic rings. The predicted octanol–water partition coefficient (Wildman–Crippen LogP) is 5.19. The van der Waals surface area contributed by atoms with E-state index in [1.54, 1.807) is 26.0 Å². The highest BCUT2D eigenvalue weighted by Crippen LogP contribution is 2.35. The van der Waals surface area contributed by atoms with Crippen LogP contribution in [0.1, 0.15) is 11.1 Å². The van der Waals surface area contributed by atoms with E-state index in [2.05, 4.69) is 0 Å². The first kappa shape index (κ1) is 19.9. The number of hydrogen-bond donors (Lipinski definition) is 0. The summed E-state index contributed by atoms with van der Waals surface area (Å²) in [5.41, 5.74) is 2.32. The molecule has 0 radical (unpaired) electrons. The molecule has 6 heteroatoms. The van der Waals surface area contributed by atoms with E-state index in [0.717, 1.165) is 33.4 Å². The number of benzene rings is 3. The molecule has 0 aliphatic carbocycles. The first-order chi connectivity index (χ1) is 14.1. The van der Waals surface area contributed by atoms with Gasteiger partial charge in [0.2, 0.25) is 5.91 Å². The second-order valence-corrected chi connectivity index (χ2v) is 8.35. The summed E-state index contributed by atoms with van der Waals surface area (Å²) >= 11 is 7.95. The van der Waals surface area contributed by atoms with Crippen molar-refractivity contribution in [3.05, 3.63) is 64.7 Å². The topological polar surface area (TPSA) is 38.8 Å². The van der Waals surface area contributed by atoms with Gasteiger partial charge in [-0.2, -0.15) is 0 Å². The normalized spacial score (nSPS) is 13.3. The van der Waals surface area contributed by atoms with Crippen molar-refractivity contribution in [3.63, 3.8) is 0 Å². The number of nitrogens with zero attached hydrogens (tertiary/aromatic N) is 1. The van der Waals surface area contributed by atoms with Crippen LogP contribution in [0.2, 0.25) is 5.02 Å². The van der Waals surface area contributed by atoms with Gasteiger partial charge >= 0.3 is 0 Å². The Bertz CT molecular complexity index is 1060. The quantitative estimate of drug-likeness (QED) is 0.525. The van der Waals surface area contributed by atoms with Crippen LogP contribution in [-0.4, -0.2) is 37.3 Å². The van der Waals surface area contributed by atoms with Crippen LogP contribution in [0, 0.1) is 0 Å². The first-order valence-corrected chi connectivity index (χ1v) is 10.8. The molecule has 0 saturated carbocycles. The lowest BCUT2D eigenvalue weighted by Gasteiger charge is -2.29. The number of methoxy groups -OCH3 is 2. The molecule has 0 aromatic heterocycles. The molecule has 3 aromatic carbocycles. The molecule has 0 bridgehead atoms. The highest BCUT2D eigenvalue weighted by Gasteiger charge is 2.23. The second kappa shape index (κ2) is 8.56. The molecule has 1 heterocycles. The van der Waals surface area contributed by atoms with E-state index in [1.165, 1.54) is 5.56 Å². The zero-order valence-electron chi connectivity index (χ0n) is 16.4. The molecule has 0 fully saturated rings. The summed E-state index contributed by atoms with van der Waals surface area (Å²) in [5.74, 6) is 1.93. The third-order valence-corrected chi connectivity index (χ3v) is 6.59. The number of rotatable bonds is 5. The van der Waals surface area contributed by atoms with Gasteiger partial charge in [0, 0.05) is 28.4 Å². The smallest absolute Gasteiger partial charge is 0.233 e. The lowest BCUT2D eigenvalue weighted by molar-refractivity contribution is -0.129. The molecule has 4 rings (SSSR count). The Labute approximate surface area is 179 Å². The molecule has 1 amide bonds. The summed E-state index contributed by atoms with van der Waals surface area (Å²) in [4.78, 5) is 15.8. The molecule has 0 saturated heterocycles. The monoisotopic (exact) mass is 427 g/mol. The van der Waals surface area contributed by atoms with Crippen LogP contribution in [0.4, 0.5) is 0 Å². The van der Waals surface area contributed by atoms with Crippen molar-refractivity contribution < 1.29 is 14.3 Å². The standard InChI is InChI=1S/C23H22ClNO3S/c1-27-19-11-16-9-10-25(13-17(16)12-20(19)28-2)22(26)14-29-21-8-4-6-15-5-3-7-18(24)23(15)21/h3-8,11-12H,9-10,13-14H2,1-2H3. The fourth-order valence-corrected chi connectivity index (χ4v) is 5.06. The summed E-state index contributed by atoms with van der Waals surface area (Å²) in [6.07, 6.45) is 0.812. The van der Waals surface area contributed by atoms with Crippen molar-refractivity contribution in [2.45, 2.75) is 17.9 Å². The Balaban J connectivity index is 1.48. The number of fused-ring (bicyclic) bond motifs is 2. The highest BCUT2D eigenvalue weighted by molar-refractivity contribution is 8.00. The molecule has 4 nitrogen and oxygen atoms in total. The third kappa shape index (κ3) is 4.02. The van der Waals surface area contributed by atoms with Gasteiger partial charge in [-0.1, -0.05) is 35.9 Å². The van der Waals surface area contributed by atoms with Crippen LogP contribution < -0.4 is 9.47 Å². The average molecular weight is 428 g/mol. The maximum absolute atomic E-state index is 12.9. The van der Waals surface area contributed by atoms with Crippen molar-refractivity contribution in [1.82, 2.24) is 4.90 Å². The molecular weight excluding hydrogens is 406 g/mol. The number of amides is 1. The van der Waals surface area contributed by atoms with E-state index in [0.29, 0.717) is 29.6 Å². The summed E-state index contributed by atoms with van der Waals surface area (Å²) in [6, 6.07) is 15.9. The van der Waals surface area contributed by atoms with Gasteiger partial charge in [-0.3, -0.25) is 4.79 Å². The Hall–Kier alpha value is -2.37. The van der Waals surface area contributed by atoms with E-state index >= 15 is 0 Å². The number of halogens is 1. The number of carbonyl (C=O) groups excluding carboxylic acids is 1. The van der Waals surface area contributed by atoms with Crippen molar-refractivity contribution in [1.29, 1.82) is 0 Å². The number of thioether (sulfide) groups is 1. The Morgan fingerprint density at radius 2 is 1.76 bits per heavy atom. The van der Waals surface area contributed by atoms with E-state index < -0.39 is 0 Å². The van der Waals surface area contributed by atoms with Gasteiger partial charge in [0.25, 0.3) is 0 Å². The third-order valence-electron chi connectivity index (χ3n) is 5.24. The van der Waals surface area contributed by atoms with Crippen LogP contribution >= 0.6 is 23.4 Å². The van der Waals surface area contributed by atoms with E-state index in [9.17, 15) is 4.79 Å². The summed E-state index contributed by atoms with van der Waals surface area (Å²) in [6.45, 7) is 1.30. The van der Waals surface area contributed by atoms with Crippen LogP contribution in [0.15, 0.2) is 53.4 Å². The second-order valence-electron chi connectivity index (χ2n) is 6.92. The number of carbonyl (C=O) groups is 1. The van der Waals surface area contributed by atoms with Gasteiger partial charge in [-0.05, 0) is 47.2 Å². The van der Waals surface area contributed by atoms with Gasteiger partial charge in [-0.25, -0.2) is 0 Å². The zero-order chi connectivity index (χ0) is 20.4. The van der Waals surface area contributed by atoms with Gasteiger partial charge in [0.05, 0.1) is 20.0 Å². The van der Waals surface area contributed by atoms with Crippen molar-refractivity contribution in [3.8, 4) is 11.5 Å². The molecule has 0 N–H and O–H groups in total. The summed E-state index contributed by atoms with van der Waals surface area (Å²) in [5, 5.41) is 2.81. The maximum Gasteiger partial charge on any atom is 0.233 e. The fraction of sp³-hybridized carbons (Fsp3) is 0.261. The summed E-state index contributed by atoms with van der Waals surface area (Å²) in [7, 11) is 3.27. The van der Waals surface area contributed by atoms with Crippen molar-refractivity contribution in [2.24, 2.45) is 0 Å². The van der Waals surface area contributed by atoms with Crippen LogP contribution in [0.3, 0.4) is 0 Å². The Morgan fingerprint density at radius 1 is 1.07 bits per heavy atom. The molecule has 29 heavy (non-hydrogen) atoms. The molecule has 150 valence electrons. The minimum absolute atomic E-state index is 0.125.